The highest BCUT2D eigenvalue weighted by atomic mass is 31.2. The van der Waals surface area contributed by atoms with E-state index >= 15 is 0 Å². The average molecular weight is 467 g/mol. The third-order valence-electron chi connectivity index (χ3n) is 2.83. The van der Waals surface area contributed by atoms with E-state index < -0.39 is 58.4 Å². The Balaban J connectivity index is 6.92. The van der Waals surface area contributed by atoms with Gasteiger partial charge in [-0.15, -0.1) is 0 Å². The summed E-state index contributed by atoms with van der Waals surface area (Å²) in [7, 11) is -11.4. The van der Waals surface area contributed by atoms with Crippen LogP contribution in [0.25, 0.3) is 0 Å². The Bertz CT molecular complexity index is 557. The molecule has 0 atom stereocenters. The molecule has 7 nitrogen and oxygen atoms in total. The molecule has 0 fully saturated rings. The molecular formula is C13H25F6NO6P2. The van der Waals surface area contributed by atoms with Crippen molar-refractivity contribution in [1.82, 2.24) is 5.09 Å². The zero-order valence-corrected chi connectivity index (χ0v) is 18.0. The van der Waals surface area contributed by atoms with E-state index in [0.29, 0.717) is 0 Å². The Labute approximate surface area is 159 Å². The Morgan fingerprint density at radius 2 is 1.11 bits per heavy atom. The molecule has 0 rings (SSSR count). The standard InChI is InChI=1S/C13H25F6NO6P2/c1-7-23-27(21,24-8-2)11(12(14,15)16,13(17,18)19)20-28(22,25-9(3)4)26-10(5)6/h9-10H,7-8H2,1-6H3,(H,20,22). The van der Waals surface area contributed by atoms with Gasteiger partial charge in [0.15, 0.2) is 0 Å². The van der Waals surface area contributed by atoms with E-state index in [-0.39, 0.29) is 0 Å². The molecule has 0 aromatic carbocycles. The van der Waals surface area contributed by atoms with Crippen LogP contribution in [0.5, 0.6) is 0 Å². The van der Waals surface area contributed by atoms with Crippen LogP contribution >= 0.6 is 15.3 Å². The van der Waals surface area contributed by atoms with Gasteiger partial charge in [-0.2, -0.15) is 31.4 Å². The van der Waals surface area contributed by atoms with E-state index in [0.717, 1.165) is 18.9 Å². The number of rotatable bonds is 11. The number of nitrogens with one attached hydrogen (secondary N) is 1. The highest BCUT2D eigenvalue weighted by molar-refractivity contribution is 7.58. The van der Waals surface area contributed by atoms with Crippen molar-refractivity contribution in [3.05, 3.63) is 0 Å². The van der Waals surface area contributed by atoms with Crippen LogP contribution in [0, 0.1) is 0 Å². The molecule has 0 bridgehead atoms. The monoisotopic (exact) mass is 467 g/mol. The van der Waals surface area contributed by atoms with Gasteiger partial charge < -0.3 is 9.05 Å². The second-order valence-corrected chi connectivity index (χ2v) is 9.78. The maximum absolute atomic E-state index is 13.9. The molecule has 0 aromatic heterocycles. The molecule has 0 spiro atoms. The van der Waals surface area contributed by atoms with Crippen LogP contribution in [0.1, 0.15) is 41.5 Å². The van der Waals surface area contributed by atoms with E-state index in [1.807, 2.05) is 0 Å². The predicted molar refractivity (Wildman–Crippen MR) is 88.9 cm³/mol. The fraction of sp³-hybridized carbons (Fsp3) is 1.00. The lowest BCUT2D eigenvalue weighted by Gasteiger charge is -2.42. The lowest BCUT2D eigenvalue weighted by atomic mass is 10.3. The van der Waals surface area contributed by atoms with Crippen molar-refractivity contribution in [2.45, 2.75) is 71.4 Å². The largest absolute Gasteiger partial charge is 0.427 e. The van der Waals surface area contributed by atoms with E-state index in [4.69, 9.17) is 9.05 Å². The van der Waals surface area contributed by atoms with E-state index in [1.54, 1.807) is 0 Å². The number of hydrogen-bond acceptors (Lipinski definition) is 6. The van der Waals surface area contributed by atoms with E-state index in [1.165, 1.54) is 27.7 Å². The van der Waals surface area contributed by atoms with Gasteiger partial charge in [0, 0.05) is 0 Å². The maximum atomic E-state index is 13.9. The third kappa shape index (κ3) is 6.17. The fourth-order valence-corrected chi connectivity index (χ4v) is 6.60. The van der Waals surface area contributed by atoms with Crippen molar-refractivity contribution in [1.29, 1.82) is 0 Å². The molecule has 15 heteroatoms. The molecule has 0 amide bonds. The summed E-state index contributed by atoms with van der Waals surface area (Å²) >= 11 is 0. The van der Waals surface area contributed by atoms with E-state index in [2.05, 4.69) is 9.05 Å². The first-order chi connectivity index (χ1) is 12.4. The molecule has 0 saturated carbocycles. The Morgan fingerprint density at radius 3 is 1.32 bits per heavy atom. The lowest BCUT2D eigenvalue weighted by molar-refractivity contribution is -0.278. The summed E-state index contributed by atoms with van der Waals surface area (Å²) in [6, 6.07) is 0. The summed E-state index contributed by atoms with van der Waals surface area (Å²) in [5.74, 6) is 0. The SMILES string of the molecule is CCOP(=O)(OCC)C(NP(=O)(OC(C)C)OC(C)C)(C(F)(F)F)C(F)(F)F. The molecule has 170 valence electrons. The average Bonchev–Trinajstić information content (AvgIpc) is 2.40. The first kappa shape index (κ1) is 27.8. The zero-order valence-electron chi connectivity index (χ0n) is 16.2. The smallest absolute Gasteiger partial charge is 0.307 e. The molecule has 0 radical (unpaired) electrons. The predicted octanol–water partition coefficient (Wildman–Crippen LogP) is 5.62. The molecule has 1 N–H and O–H groups in total. The number of alkyl halides is 6. The molecular weight excluding hydrogens is 442 g/mol. The van der Waals surface area contributed by atoms with Crippen molar-refractivity contribution >= 4 is 15.3 Å². The van der Waals surface area contributed by atoms with Crippen molar-refractivity contribution in [3.8, 4) is 0 Å². The summed E-state index contributed by atoms with van der Waals surface area (Å²) in [6.45, 7) is 5.28. The van der Waals surface area contributed by atoms with Crippen LogP contribution in [0.3, 0.4) is 0 Å². The zero-order chi connectivity index (χ0) is 22.6. The Morgan fingerprint density at radius 1 is 0.786 bits per heavy atom. The highest BCUT2D eigenvalue weighted by Gasteiger charge is 2.83. The van der Waals surface area contributed by atoms with Crippen LogP contribution in [-0.2, 0) is 27.2 Å². The van der Waals surface area contributed by atoms with Gasteiger partial charge in [-0.25, -0.2) is 4.57 Å². The van der Waals surface area contributed by atoms with Crippen molar-refractivity contribution in [2.24, 2.45) is 0 Å². The molecule has 0 unspecified atom stereocenters. The second kappa shape index (κ2) is 9.76. The summed E-state index contributed by atoms with van der Waals surface area (Å²) < 4.78 is 127. The minimum absolute atomic E-state index is 0.812. The summed E-state index contributed by atoms with van der Waals surface area (Å²) in [4.78, 5) is 0. The van der Waals surface area contributed by atoms with E-state index in [9.17, 15) is 35.5 Å². The first-order valence-electron chi connectivity index (χ1n) is 8.20. The van der Waals surface area contributed by atoms with Crippen LogP contribution in [0.2, 0.25) is 0 Å². The van der Waals surface area contributed by atoms with Crippen molar-refractivity contribution in [2.75, 3.05) is 13.2 Å². The van der Waals surface area contributed by atoms with Crippen LogP contribution in [0.4, 0.5) is 26.3 Å². The number of hydrogen-bond donors (Lipinski definition) is 1. The Kier molecular flexibility index (Phi) is 9.71. The lowest BCUT2D eigenvalue weighted by Crippen LogP contribution is -2.65. The molecule has 0 aromatic rings. The molecule has 0 aliphatic heterocycles. The first-order valence-corrected chi connectivity index (χ1v) is 11.3. The van der Waals surface area contributed by atoms with Gasteiger partial charge in [-0.3, -0.25) is 13.6 Å². The fourth-order valence-electron chi connectivity index (χ4n) is 2.06. The normalized spacial score (nSPS) is 14.9. The van der Waals surface area contributed by atoms with Gasteiger partial charge in [0.1, 0.15) is 0 Å². The Hall–Kier alpha value is -0.160. The summed E-state index contributed by atoms with van der Waals surface area (Å²) in [5, 5.41) is -4.52. The van der Waals surface area contributed by atoms with Gasteiger partial charge in [0.05, 0.1) is 25.4 Å². The maximum Gasteiger partial charge on any atom is 0.427 e. The van der Waals surface area contributed by atoms with Gasteiger partial charge in [-0.1, -0.05) is 0 Å². The number of halogens is 6. The quantitative estimate of drug-likeness (QED) is 0.312. The van der Waals surface area contributed by atoms with Gasteiger partial charge >= 0.3 is 33.0 Å². The van der Waals surface area contributed by atoms with Crippen LogP contribution in [0.15, 0.2) is 0 Å². The van der Waals surface area contributed by atoms with Crippen molar-refractivity contribution in [3.63, 3.8) is 0 Å². The highest BCUT2D eigenvalue weighted by Crippen LogP contribution is 2.72. The van der Waals surface area contributed by atoms with Gasteiger partial charge in [-0.05, 0) is 41.5 Å². The van der Waals surface area contributed by atoms with Crippen LogP contribution < -0.4 is 5.09 Å². The van der Waals surface area contributed by atoms with Gasteiger partial charge in [0.2, 0.25) is 0 Å². The third-order valence-corrected chi connectivity index (χ3v) is 7.65. The van der Waals surface area contributed by atoms with Crippen molar-refractivity contribution < 1.29 is 53.6 Å². The molecule has 28 heavy (non-hydrogen) atoms. The topological polar surface area (TPSA) is 83.1 Å². The minimum Gasteiger partial charge on any atom is -0.307 e. The minimum atomic E-state index is -6.32. The second-order valence-electron chi connectivity index (χ2n) is 5.96. The summed E-state index contributed by atoms with van der Waals surface area (Å²) in [6.07, 6.45) is -14.8. The van der Waals surface area contributed by atoms with Gasteiger partial charge in [0.25, 0.3) is 0 Å². The summed E-state index contributed by atoms with van der Waals surface area (Å²) in [5.41, 5.74) is 0. The molecule has 0 aliphatic rings. The molecule has 0 heterocycles. The molecule has 0 aliphatic carbocycles. The molecule has 0 saturated heterocycles. The van der Waals surface area contributed by atoms with Crippen LogP contribution in [-0.4, -0.2) is 43.1 Å².